The standard InChI is InChI=1S/C16H13N3O2/c1-11-4-5-13(16(20)21)9-12(11)6-7-14-10-17-15-3-2-8-18-19(14)15/h2-5,8-10,16,20-21H,1H3. The van der Waals surface area contributed by atoms with Crippen molar-refractivity contribution in [2.45, 2.75) is 13.2 Å². The van der Waals surface area contributed by atoms with Gasteiger partial charge in [-0.05, 0) is 36.6 Å². The first-order valence-electron chi connectivity index (χ1n) is 6.42. The highest BCUT2D eigenvalue weighted by Crippen LogP contribution is 2.15. The van der Waals surface area contributed by atoms with Gasteiger partial charge in [0, 0.05) is 17.3 Å². The molecule has 3 rings (SSSR count). The third kappa shape index (κ3) is 2.63. The Hall–Kier alpha value is -2.68. The van der Waals surface area contributed by atoms with E-state index in [1.165, 1.54) is 0 Å². The van der Waals surface area contributed by atoms with Crippen molar-refractivity contribution in [2.75, 3.05) is 0 Å². The minimum Gasteiger partial charge on any atom is -0.364 e. The number of hydrogen-bond donors (Lipinski definition) is 2. The van der Waals surface area contributed by atoms with Crippen LogP contribution in [0.4, 0.5) is 0 Å². The van der Waals surface area contributed by atoms with Gasteiger partial charge in [0.05, 0.1) is 6.20 Å². The molecule has 0 unspecified atom stereocenters. The van der Waals surface area contributed by atoms with E-state index < -0.39 is 6.29 Å². The fourth-order valence-corrected chi connectivity index (χ4v) is 1.98. The average Bonchev–Trinajstić information content (AvgIpc) is 2.89. The van der Waals surface area contributed by atoms with Gasteiger partial charge in [0.1, 0.15) is 5.69 Å². The van der Waals surface area contributed by atoms with Crippen LogP contribution >= 0.6 is 0 Å². The normalized spacial score (nSPS) is 10.7. The van der Waals surface area contributed by atoms with Crippen LogP contribution < -0.4 is 0 Å². The summed E-state index contributed by atoms with van der Waals surface area (Å²) in [5.41, 5.74) is 3.54. The van der Waals surface area contributed by atoms with Crippen LogP contribution in [0.3, 0.4) is 0 Å². The molecule has 0 aliphatic carbocycles. The predicted octanol–water partition coefficient (Wildman–Crippen LogP) is 1.42. The van der Waals surface area contributed by atoms with E-state index in [1.54, 1.807) is 29.0 Å². The van der Waals surface area contributed by atoms with Gasteiger partial charge in [-0.3, -0.25) is 0 Å². The summed E-state index contributed by atoms with van der Waals surface area (Å²) in [4.78, 5) is 4.22. The van der Waals surface area contributed by atoms with Gasteiger partial charge in [0.15, 0.2) is 11.9 Å². The lowest BCUT2D eigenvalue weighted by Crippen LogP contribution is -1.96. The van der Waals surface area contributed by atoms with Gasteiger partial charge in [0.25, 0.3) is 0 Å². The van der Waals surface area contributed by atoms with Gasteiger partial charge in [-0.1, -0.05) is 18.1 Å². The highest BCUT2D eigenvalue weighted by Gasteiger charge is 2.05. The maximum atomic E-state index is 9.22. The third-order valence-electron chi connectivity index (χ3n) is 3.16. The minimum atomic E-state index is -1.50. The van der Waals surface area contributed by atoms with Crippen molar-refractivity contribution in [2.24, 2.45) is 0 Å². The first-order valence-corrected chi connectivity index (χ1v) is 6.42. The third-order valence-corrected chi connectivity index (χ3v) is 3.16. The second kappa shape index (κ2) is 5.37. The van der Waals surface area contributed by atoms with Crippen molar-refractivity contribution < 1.29 is 10.2 Å². The van der Waals surface area contributed by atoms with Crippen LogP contribution in [0, 0.1) is 18.8 Å². The quantitative estimate of drug-likeness (QED) is 0.522. The van der Waals surface area contributed by atoms with Crippen molar-refractivity contribution in [1.82, 2.24) is 14.6 Å². The molecule has 5 heteroatoms. The number of aryl methyl sites for hydroxylation is 1. The lowest BCUT2D eigenvalue weighted by atomic mass is 10.0. The smallest absolute Gasteiger partial charge is 0.178 e. The molecule has 0 saturated carbocycles. The Bertz CT molecular complexity index is 857. The molecule has 2 aromatic heterocycles. The monoisotopic (exact) mass is 279 g/mol. The molecule has 5 nitrogen and oxygen atoms in total. The second-order valence-corrected chi connectivity index (χ2v) is 4.64. The number of aliphatic hydroxyl groups is 2. The van der Waals surface area contributed by atoms with Gasteiger partial charge in [-0.2, -0.15) is 5.10 Å². The molecule has 104 valence electrons. The van der Waals surface area contributed by atoms with Crippen LogP contribution in [0.2, 0.25) is 0 Å². The van der Waals surface area contributed by atoms with Crippen molar-refractivity contribution in [3.63, 3.8) is 0 Å². The van der Waals surface area contributed by atoms with E-state index in [9.17, 15) is 10.2 Å². The Kier molecular flexibility index (Phi) is 3.40. The van der Waals surface area contributed by atoms with E-state index in [4.69, 9.17) is 0 Å². The molecule has 1 aromatic carbocycles. The van der Waals surface area contributed by atoms with Crippen LogP contribution in [-0.4, -0.2) is 24.8 Å². The maximum absolute atomic E-state index is 9.22. The number of hydrogen-bond acceptors (Lipinski definition) is 4. The first kappa shape index (κ1) is 13.3. The fraction of sp³-hybridized carbons (Fsp3) is 0.125. The number of imidazole rings is 1. The van der Waals surface area contributed by atoms with Gasteiger partial charge in [-0.15, -0.1) is 0 Å². The van der Waals surface area contributed by atoms with E-state index >= 15 is 0 Å². The molecule has 0 spiro atoms. The van der Waals surface area contributed by atoms with E-state index in [-0.39, 0.29) is 0 Å². The van der Waals surface area contributed by atoms with Crippen LogP contribution in [-0.2, 0) is 0 Å². The second-order valence-electron chi connectivity index (χ2n) is 4.64. The molecule has 0 atom stereocenters. The number of fused-ring (bicyclic) bond motifs is 1. The zero-order valence-corrected chi connectivity index (χ0v) is 11.4. The largest absolute Gasteiger partial charge is 0.364 e. The molecule has 2 heterocycles. The summed E-state index contributed by atoms with van der Waals surface area (Å²) in [5.74, 6) is 6.05. The molecule has 3 aromatic rings. The molecule has 0 fully saturated rings. The van der Waals surface area contributed by atoms with Gasteiger partial charge in [-0.25, -0.2) is 9.50 Å². The highest BCUT2D eigenvalue weighted by molar-refractivity contribution is 5.49. The van der Waals surface area contributed by atoms with Gasteiger partial charge >= 0.3 is 0 Å². The number of benzene rings is 1. The Labute approximate surface area is 121 Å². The van der Waals surface area contributed by atoms with Crippen LogP contribution in [0.1, 0.15) is 28.7 Å². The number of aromatic nitrogens is 3. The lowest BCUT2D eigenvalue weighted by Gasteiger charge is -2.05. The summed E-state index contributed by atoms with van der Waals surface area (Å²) in [6, 6.07) is 8.82. The lowest BCUT2D eigenvalue weighted by molar-refractivity contribution is -0.0425. The molecule has 0 amide bonds. The summed E-state index contributed by atoms with van der Waals surface area (Å²) < 4.78 is 1.66. The molecule has 0 aliphatic heterocycles. The summed E-state index contributed by atoms with van der Waals surface area (Å²) >= 11 is 0. The molecule has 0 saturated heterocycles. The van der Waals surface area contributed by atoms with Crippen molar-refractivity contribution in [3.8, 4) is 11.8 Å². The molecule has 0 aliphatic rings. The van der Waals surface area contributed by atoms with E-state index in [1.807, 2.05) is 25.1 Å². The SMILES string of the molecule is Cc1ccc(C(O)O)cc1C#Cc1cnc2cccnn12. The van der Waals surface area contributed by atoms with Crippen molar-refractivity contribution >= 4 is 5.65 Å². The van der Waals surface area contributed by atoms with E-state index in [2.05, 4.69) is 21.9 Å². The number of rotatable bonds is 1. The first-order chi connectivity index (χ1) is 10.1. The maximum Gasteiger partial charge on any atom is 0.178 e. The summed E-state index contributed by atoms with van der Waals surface area (Å²) in [6.45, 7) is 1.92. The number of aliphatic hydroxyl groups excluding tert-OH is 1. The predicted molar refractivity (Wildman–Crippen MR) is 77.3 cm³/mol. The fourth-order valence-electron chi connectivity index (χ4n) is 1.98. The van der Waals surface area contributed by atoms with Crippen LogP contribution in [0.25, 0.3) is 5.65 Å². The van der Waals surface area contributed by atoms with E-state index in [0.29, 0.717) is 11.3 Å². The molecular formula is C16H13N3O2. The molecule has 2 N–H and O–H groups in total. The Balaban J connectivity index is 2.03. The topological polar surface area (TPSA) is 70.7 Å². The van der Waals surface area contributed by atoms with Crippen molar-refractivity contribution in [1.29, 1.82) is 0 Å². The van der Waals surface area contributed by atoms with Crippen LogP contribution in [0.15, 0.2) is 42.7 Å². The zero-order valence-electron chi connectivity index (χ0n) is 11.4. The Morgan fingerprint density at radius 3 is 2.86 bits per heavy atom. The molecule has 21 heavy (non-hydrogen) atoms. The summed E-state index contributed by atoms with van der Waals surface area (Å²) in [5, 5.41) is 22.6. The van der Waals surface area contributed by atoms with Gasteiger partial charge in [0.2, 0.25) is 0 Å². The van der Waals surface area contributed by atoms with Gasteiger partial charge < -0.3 is 10.2 Å². The zero-order chi connectivity index (χ0) is 14.8. The minimum absolute atomic E-state index is 0.418. The highest BCUT2D eigenvalue weighted by atomic mass is 16.5. The summed E-state index contributed by atoms with van der Waals surface area (Å²) in [6.07, 6.45) is 1.84. The summed E-state index contributed by atoms with van der Waals surface area (Å²) in [7, 11) is 0. The van der Waals surface area contributed by atoms with Crippen LogP contribution in [0.5, 0.6) is 0 Å². The molecular weight excluding hydrogens is 266 g/mol. The average molecular weight is 279 g/mol. The Morgan fingerprint density at radius 2 is 2.05 bits per heavy atom. The molecule has 0 radical (unpaired) electrons. The number of nitrogens with zero attached hydrogens (tertiary/aromatic N) is 3. The van der Waals surface area contributed by atoms with Crippen molar-refractivity contribution in [3.05, 3.63) is 65.1 Å². The van der Waals surface area contributed by atoms with E-state index in [0.717, 1.165) is 16.8 Å². The Morgan fingerprint density at radius 1 is 1.19 bits per heavy atom. The molecule has 0 bridgehead atoms.